The van der Waals surface area contributed by atoms with Crippen LogP contribution >= 0.6 is 0 Å². The van der Waals surface area contributed by atoms with Crippen molar-refractivity contribution in [1.29, 1.82) is 0 Å². The van der Waals surface area contributed by atoms with E-state index in [1.807, 2.05) is 0 Å². The quantitative estimate of drug-likeness (QED) is 0.164. The van der Waals surface area contributed by atoms with E-state index in [9.17, 15) is 0 Å². The van der Waals surface area contributed by atoms with Gasteiger partial charge in [-0.1, -0.05) is 121 Å². The molecule has 3 aromatic heterocycles. The lowest BCUT2D eigenvalue weighted by molar-refractivity contribution is 0.225. The molecule has 3 unspecified atom stereocenters. The van der Waals surface area contributed by atoms with E-state index in [0.717, 1.165) is 79.1 Å². The molecule has 1 saturated heterocycles. The zero-order valence-corrected chi connectivity index (χ0v) is 31.1. The highest BCUT2D eigenvalue weighted by Crippen LogP contribution is 2.42. The monoisotopic (exact) mass is 738 g/mol. The van der Waals surface area contributed by atoms with Gasteiger partial charge in [-0.2, -0.15) is 0 Å². The first kappa shape index (κ1) is 32.5. The normalized spacial score (nSPS) is 18.7. The topological polar surface area (TPSA) is 67.3 Å². The lowest BCUT2D eigenvalue weighted by atomic mass is 9.97. The van der Waals surface area contributed by atoms with Crippen LogP contribution in [0.4, 0.5) is 0 Å². The number of nitrogens with one attached hydrogen (secondary N) is 3. The number of benzene rings is 7. The van der Waals surface area contributed by atoms with E-state index >= 15 is 0 Å². The zero-order valence-electron chi connectivity index (χ0n) is 31.1. The van der Waals surface area contributed by atoms with Crippen molar-refractivity contribution in [3.63, 3.8) is 0 Å². The van der Waals surface area contributed by atoms with E-state index < -0.39 is 0 Å². The third-order valence-electron chi connectivity index (χ3n) is 12.0. The molecule has 0 radical (unpaired) electrons. The molecule has 1 aliphatic heterocycles. The number of furan rings is 2. The van der Waals surface area contributed by atoms with Crippen molar-refractivity contribution in [2.45, 2.75) is 31.3 Å². The molecule has 3 N–H and O–H groups in total. The van der Waals surface area contributed by atoms with Crippen molar-refractivity contribution in [2.75, 3.05) is 0 Å². The summed E-state index contributed by atoms with van der Waals surface area (Å²) in [7, 11) is 0. The third-order valence-corrected chi connectivity index (χ3v) is 12.0. The van der Waals surface area contributed by atoms with Gasteiger partial charge in [-0.15, -0.1) is 0 Å². The average molecular weight is 739 g/mol. The Bertz CT molecular complexity index is 3200. The van der Waals surface area contributed by atoms with E-state index in [4.69, 9.17) is 8.83 Å². The summed E-state index contributed by atoms with van der Waals surface area (Å²) < 4.78 is 15.7. The molecule has 10 aromatic rings. The Kier molecular flexibility index (Phi) is 7.38. The largest absolute Gasteiger partial charge is 0.456 e. The van der Waals surface area contributed by atoms with Crippen molar-refractivity contribution in [2.24, 2.45) is 0 Å². The Morgan fingerprint density at radius 2 is 1.23 bits per heavy atom. The highest BCUT2D eigenvalue weighted by atomic mass is 16.3. The van der Waals surface area contributed by atoms with Gasteiger partial charge in [0.15, 0.2) is 0 Å². The first-order chi connectivity index (χ1) is 28.2. The second-order valence-electron chi connectivity index (χ2n) is 15.3. The lowest BCUT2D eigenvalue weighted by Gasteiger charge is -2.40. The van der Waals surface area contributed by atoms with Gasteiger partial charge in [0, 0.05) is 43.6 Å². The fraction of sp³-hybridized carbons (Fsp3) is 0.0980. The van der Waals surface area contributed by atoms with Crippen LogP contribution in [0, 0.1) is 0 Å². The van der Waals surface area contributed by atoms with Gasteiger partial charge in [0.25, 0.3) is 0 Å². The van der Waals surface area contributed by atoms with Gasteiger partial charge in [-0.05, 0) is 83.6 Å². The lowest BCUT2D eigenvalue weighted by Crippen LogP contribution is -2.59. The van der Waals surface area contributed by atoms with Gasteiger partial charge in [-0.25, -0.2) is 0 Å². The van der Waals surface area contributed by atoms with E-state index in [1.165, 1.54) is 32.9 Å². The van der Waals surface area contributed by atoms with Gasteiger partial charge >= 0.3 is 0 Å². The second kappa shape index (κ2) is 12.9. The SMILES string of the molecule is C1=CC(C2NC(c3ccccc3)NC(c3cccc4oc5ccc(-c6cccc7c6oc6ccc(-n8c9ccccc9c9ccccc98)cc67)cc5c34)N2)=CCC1. The third kappa shape index (κ3) is 5.22. The van der Waals surface area contributed by atoms with Crippen molar-refractivity contribution >= 4 is 65.7 Å². The first-order valence-corrected chi connectivity index (χ1v) is 19.8. The Balaban J connectivity index is 0.978. The van der Waals surface area contributed by atoms with Crippen LogP contribution in [0.3, 0.4) is 0 Å². The smallest absolute Gasteiger partial charge is 0.143 e. The van der Waals surface area contributed by atoms with E-state index in [0.29, 0.717) is 0 Å². The number of allylic oxidation sites excluding steroid dienone is 2. The molecule has 3 atom stereocenters. The molecule has 0 amide bonds. The summed E-state index contributed by atoms with van der Waals surface area (Å²) in [6.07, 6.45) is 8.77. The minimum atomic E-state index is -0.145. The van der Waals surface area contributed by atoms with E-state index in [2.05, 4.69) is 190 Å². The molecule has 6 nitrogen and oxygen atoms in total. The van der Waals surface area contributed by atoms with Crippen LogP contribution in [0.15, 0.2) is 184 Å². The Labute approximate surface area is 328 Å². The zero-order chi connectivity index (χ0) is 37.5. The van der Waals surface area contributed by atoms with Crippen LogP contribution in [0.2, 0.25) is 0 Å². The molecule has 274 valence electrons. The van der Waals surface area contributed by atoms with E-state index in [-0.39, 0.29) is 18.5 Å². The summed E-state index contributed by atoms with van der Waals surface area (Å²) in [4.78, 5) is 0. The van der Waals surface area contributed by atoms with Gasteiger partial charge in [0.2, 0.25) is 0 Å². The standard InChI is InChI=1S/C51H38N4O2/c1-3-13-31(14-4-1)49-52-50(32-15-5-2-6-16-32)54-51(53-49)39-21-12-24-46-47(39)41-29-33(25-27-45(41)56-46)35-19-11-20-38-40-30-34(26-28-44(40)57-48(35)38)55-42-22-9-7-17-36(42)37-18-8-10-23-43(37)55/h1,3-5,7-30,49-54H,2,6H2. The highest BCUT2D eigenvalue weighted by Gasteiger charge is 2.32. The van der Waals surface area contributed by atoms with Crippen molar-refractivity contribution in [1.82, 2.24) is 20.5 Å². The molecule has 2 aliphatic rings. The van der Waals surface area contributed by atoms with Crippen LogP contribution in [0.1, 0.15) is 36.3 Å². The van der Waals surface area contributed by atoms with Gasteiger partial charge in [-0.3, -0.25) is 16.0 Å². The maximum Gasteiger partial charge on any atom is 0.143 e. The molecule has 1 aliphatic carbocycles. The fourth-order valence-electron chi connectivity index (χ4n) is 9.32. The minimum Gasteiger partial charge on any atom is -0.456 e. The van der Waals surface area contributed by atoms with Crippen LogP contribution < -0.4 is 16.0 Å². The Hall–Kier alpha value is -6.70. The summed E-state index contributed by atoms with van der Waals surface area (Å²) in [5, 5.41) is 18.5. The van der Waals surface area contributed by atoms with Crippen LogP contribution in [0.25, 0.3) is 82.5 Å². The predicted octanol–water partition coefficient (Wildman–Crippen LogP) is 12.3. The molecule has 0 saturated carbocycles. The fourth-order valence-corrected chi connectivity index (χ4v) is 9.32. The van der Waals surface area contributed by atoms with Gasteiger partial charge in [0.1, 0.15) is 22.3 Å². The van der Waals surface area contributed by atoms with Crippen LogP contribution in [0.5, 0.6) is 0 Å². The number of aromatic nitrogens is 1. The molecular formula is C51H38N4O2. The van der Waals surface area contributed by atoms with Crippen molar-refractivity contribution < 1.29 is 8.83 Å². The molecule has 57 heavy (non-hydrogen) atoms. The number of hydrogen-bond acceptors (Lipinski definition) is 5. The molecule has 12 rings (SSSR count). The number of fused-ring (bicyclic) bond motifs is 9. The number of para-hydroxylation sites is 3. The Morgan fingerprint density at radius 3 is 2.05 bits per heavy atom. The van der Waals surface area contributed by atoms with Crippen molar-refractivity contribution in [3.05, 3.63) is 187 Å². The number of hydrogen-bond donors (Lipinski definition) is 3. The summed E-state index contributed by atoms with van der Waals surface area (Å²) in [6.45, 7) is 0. The summed E-state index contributed by atoms with van der Waals surface area (Å²) in [5.74, 6) is 0. The van der Waals surface area contributed by atoms with E-state index in [1.54, 1.807) is 0 Å². The van der Waals surface area contributed by atoms with Crippen molar-refractivity contribution in [3.8, 4) is 16.8 Å². The molecule has 1 fully saturated rings. The first-order valence-electron chi connectivity index (χ1n) is 19.8. The second-order valence-corrected chi connectivity index (χ2v) is 15.3. The Morgan fingerprint density at radius 1 is 0.509 bits per heavy atom. The highest BCUT2D eigenvalue weighted by molar-refractivity contribution is 6.13. The van der Waals surface area contributed by atoms with Crippen LogP contribution in [-0.2, 0) is 0 Å². The summed E-state index contributed by atoms with van der Waals surface area (Å²) in [6, 6.07) is 53.9. The van der Waals surface area contributed by atoms with Crippen LogP contribution in [-0.4, -0.2) is 10.7 Å². The summed E-state index contributed by atoms with van der Waals surface area (Å²) >= 11 is 0. The summed E-state index contributed by atoms with van der Waals surface area (Å²) in [5.41, 5.74) is 12.7. The van der Waals surface area contributed by atoms with Gasteiger partial charge in [0.05, 0.1) is 29.5 Å². The predicted molar refractivity (Wildman–Crippen MR) is 232 cm³/mol. The average Bonchev–Trinajstić information content (AvgIpc) is 3.96. The molecule has 7 aromatic carbocycles. The molecule has 6 heteroatoms. The molecule has 0 spiro atoms. The molecule has 4 heterocycles. The molecule has 0 bridgehead atoms. The van der Waals surface area contributed by atoms with Gasteiger partial charge < -0.3 is 13.4 Å². The number of rotatable bonds is 5. The minimum absolute atomic E-state index is 0.0249. The maximum atomic E-state index is 6.74. The maximum absolute atomic E-state index is 6.74. The number of nitrogens with zero attached hydrogens (tertiary/aromatic N) is 1. The molecular weight excluding hydrogens is 701 g/mol.